The third kappa shape index (κ3) is 8.74. The Morgan fingerprint density at radius 3 is 2.16 bits per heavy atom. The van der Waals surface area contributed by atoms with Crippen molar-refractivity contribution < 1.29 is 18.0 Å². The summed E-state index contributed by atoms with van der Waals surface area (Å²) < 4.78 is 29.7. The average molecular weight is 646 g/mol. The molecule has 0 spiro atoms. The lowest BCUT2D eigenvalue weighted by molar-refractivity contribution is -0.140. The van der Waals surface area contributed by atoms with Gasteiger partial charge >= 0.3 is 0 Å². The van der Waals surface area contributed by atoms with Crippen molar-refractivity contribution in [1.82, 2.24) is 10.2 Å². The molecular weight excluding hydrogens is 606 g/mol. The molecule has 7 nitrogen and oxygen atoms in total. The van der Waals surface area contributed by atoms with Crippen LogP contribution in [0.4, 0.5) is 5.69 Å². The third-order valence-corrected chi connectivity index (χ3v) is 9.59. The molecular formula is C36H40ClN3O4S. The third-order valence-electron chi connectivity index (χ3n) is 7.58. The predicted octanol–water partition coefficient (Wildman–Crippen LogP) is 6.63. The highest BCUT2D eigenvalue weighted by molar-refractivity contribution is 7.92. The monoisotopic (exact) mass is 645 g/mol. The summed E-state index contributed by atoms with van der Waals surface area (Å²) in [4.78, 5) is 29.9. The standard InChI is InChI=1S/C36H40ClN3O4S/c1-5-20-38-36(42)34(23-29-10-7-6-8-11-29)39(24-30-12-9-13-31(37)22-30)35(41)25-40(33-21-27(3)14-17-28(33)4)45(43,44)32-18-15-26(2)16-19-32/h6-19,21-22,34H,5,20,23-25H2,1-4H3,(H,38,42). The van der Waals surface area contributed by atoms with E-state index in [0.717, 1.165) is 33.0 Å². The van der Waals surface area contributed by atoms with Gasteiger partial charge in [-0.2, -0.15) is 0 Å². The van der Waals surface area contributed by atoms with Gasteiger partial charge in [0.2, 0.25) is 11.8 Å². The first-order chi connectivity index (χ1) is 21.5. The second-order valence-electron chi connectivity index (χ2n) is 11.3. The zero-order valence-electron chi connectivity index (χ0n) is 26.2. The van der Waals surface area contributed by atoms with E-state index in [1.807, 2.05) is 76.2 Å². The highest BCUT2D eigenvalue weighted by Crippen LogP contribution is 2.29. The quantitative estimate of drug-likeness (QED) is 0.177. The molecule has 4 aromatic rings. The Hall–Kier alpha value is -4.14. The van der Waals surface area contributed by atoms with Crippen molar-refractivity contribution in [3.63, 3.8) is 0 Å². The first-order valence-electron chi connectivity index (χ1n) is 15.0. The summed E-state index contributed by atoms with van der Waals surface area (Å²) in [5.41, 5.74) is 4.46. The number of sulfonamides is 1. The van der Waals surface area contributed by atoms with Gasteiger partial charge in [0, 0.05) is 24.5 Å². The van der Waals surface area contributed by atoms with Crippen LogP contribution in [-0.4, -0.2) is 44.3 Å². The summed E-state index contributed by atoms with van der Waals surface area (Å²) >= 11 is 6.31. The number of carbonyl (C=O) groups is 2. The molecule has 9 heteroatoms. The average Bonchev–Trinajstić information content (AvgIpc) is 3.02. The minimum absolute atomic E-state index is 0.0572. The fraction of sp³-hybridized carbons (Fsp3) is 0.278. The van der Waals surface area contributed by atoms with Crippen LogP contribution in [0.25, 0.3) is 0 Å². The van der Waals surface area contributed by atoms with Crippen LogP contribution in [0.3, 0.4) is 0 Å². The Labute approximate surface area is 271 Å². The van der Waals surface area contributed by atoms with E-state index < -0.39 is 28.5 Å². The smallest absolute Gasteiger partial charge is 0.264 e. The number of rotatable bonds is 13. The zero-order valence-corrected chi connectivity index (χ0v) is 27.7. The maximum atomic E-state index is 14.6. The van der Waals surface area contributed by atoms with Gasteiger partial charge in [-0.05, 0) is 79.8 Å². The Balaban J connectivity index is 1.83. The van der Waals surface area contributed by atoms with Crippen LogP contribution in [0.2, 0.25) is 5.02 Å². The molecule has 0 bridgehead atoms. The van der Waals surface area contributed by atoms with Crippen LogP contribution in [0.5, 0.6) is 0 Å². The lowest BCUT2D eigenvalue weighted by atomic mass is 10.0. The van der Waals surface area contributed by atoms with Crippen LogP contribution in [0.1, 0.15) is 41.2 Å². The Kier molecular flexibility index (Phi) is 11.4. The molecule has 1 atom stereocenters. The van der Waals surface area contributed by atoms with Gasteiger partial charge in [-0.3, -0.25) is 13.9 Å². The lowest BCUT2D eigenvalue weighted by Gasteiger charge is -2.34. The van der Waals surface area contributed by atoms with E-state index >= 15 is 0 Å². The summed E-state index contributed by atoms with van der Waals surface area (Å²) in [6.45, 7) is 7.53. The SMILES string of the molecule is CCCNC(=O)C(Cc1ccccc1)N(Cc1cccc(Cl)c1)C(=O)CN(c1cc(C)ccc1C)S(=O)(=O)c1ccc(C)cc1. The van der Waals surface area contributed by atoms with E-state index in [4.69, 9.17) is 11.6 Å². The van der Waals surface area contributed by atoms with Crippen molar-refractivity contribution in [3.05, 3.63) is 130 Å². The number of halogens is 1. The zero-order chi connectivity index (χ0) is 32.6. The number of anilines is 1. The molecule has 1 N–H and O–H groups in total. The molecule has 0 aliphatic rings. The molecule has 0 aliphatic carbocycles. The number of hydrogen-bond donors (Lipinski definition) is 1. The topological polar surface area (TPSA) is 86.8 Å². The Morgan fingerprint density at radius 1 is 0.822 bits per heavy atom. The molecule has 45 heavy (non-hydrogen) atoms. The van der Waals surface area contributed by atoms with E-state index in [2.05, 4.69) is 5.32 Å². The molecule has 0 saturated carbocycles. The van der Waals surface area contributed by atoms with E-state index in [0.29, 0.717) is 22.8 Å². The number of nitrogens with one attached hydrogen (secondary N) is 1. The maximum absolute atomic E-state index is 14.6. The van der Waals surface area contributed by atoms with Crippen LogP contribution < -0.4 is 9.62 Å². The summed E-state index contributed by atoms with van der Waals surface area (Å²) in [6.07, 6.45) is 0.970. The number of nitrogens with zero attached hydrogens (tertiary/aromatic N) is 2. The van der Waals surface area contributed by atoms with Gasteiger partial charge in [0.1, 0.15) is 12.6 Å². The summed E-state index contributed by atoms with van der Waals surface area (Å²) in [5.74, 6) is -0.824. The summed E-state index contributed by atoms with van der Waals surface area (Å²) in [6, 6.07) is 27.7. The number of hydrogen-bond acceptors (Lipinski definition) is 4. The first-order valence-corrected chi connectivity index (χ1v) is 16.8. The molecule has 0 radical (unpaired) electrons. The lowest BCUT2D eigenvalue weighted by Crippen LogP contribution is -2.53. The fourth-order valence-corrected chi connectivity index (χ4v) is 6.77. The van der Waals surface area contributed by atoms with E-state index in [1.54, 1.807) is 48.5 Å². The van der Waals surface area contributed by atoms with Crippen LogP contribution in [-0.2, 0) is 32.6 Å². The van der Waals surface area contributed by atoms with Gasteiger partial charge in [0.25, 0.3) is 10.0 Å². The molecule has 4 rings (SSSR count). The van der Waals surface area contributed by atoms with Gasteiger partial charge in [0.05, 0.1) is 10.6 Å². The minimum atomic E-state index is -4.17. The van der Waals surface area contributed by atoms with Crippen molar-refractivity contribution in [2.45, 2.75) is 58.0 Å². The normalized spacial score (nSPS) is 11.9. The second-order valence-corrected chi connectivity index (χ2v) is 13.6. The van der Waals surface area contributed by atoms with Crippen molar-refractivity contribution in [3.8, 4) is 0 Å². The summed E-state index contributed by atoms with van der Waals surface area (Å²) in [5, 5.41) is 3.45. The highest BCUT2D eigenvalue weighted by Gasteiger charge is 2.35. The van der Waals surface area contributed by atoms with Crippen molar-refractivity contribution in [2.75, 3.05) is 17.4 Å². The second kappa shape index (κ2) is 15.2. The molecule has 0 aromatic heterocycles. The van der Waals surface area contributed by atoms with Crippen LogP contribution in [0, 0.1) is 20.8 Å². The number of benzene rings is 4. The number of aryl methyl sites for hydroxylation is 3. The van der Waals surface area contributed by atoms with Crippen molar-refractivity contribution in [2.24, 2.45) is 0 Å². The van der Waals surface area contributed by atoms with Crippen LogP contribution in [0.15, 0.2) is 102 Å². The summed E-state index contributed by atoms with van der Waals surface area (Å²) in [7, 11) is -4.17. The molecule has 1 unspecified atom stereocenters. The van der Waals surface area contributed by atoms with Gasteiger partial charge in [-0.15, -0.1) is 0 Å². The van der Waals surface area contributed by atoms with Crippen molar-refractivity contribution in [1.29, 1.82) is 0 Å². The molecule has 0 saturated heterocycles. The fourth-order valence-electron chi connectivity index (χ4n) is 5.09. The van der Waals surface area contributed by atoms with Gasteiger partial charge < -0.3 is 10.2 Å². The first kappa shape index (κ1) is 33.7. The molecule has 0 aliphatic heterocycles. The molecule has 0 heterocycles. The van der Waals surface area contributed by atoms with E-state index in [-0.39, 0.29) is 23.8 Å². The molecule has 4 aromatic carbocycles. The van der Waals surface area contributed by atoms with Gasteiger partial charge in [0.15, 0.2) is 0 Å². The van der Waals surface area contributed by atoms with Gasteiger partial charge in [-0.25, -0.2) is 8.42 Å². The maximum Gasteiger partial charge on any atom is 0.264 e. The largest absolute Gasteiger partial charge is 0.354 e. The number of carbonyl (C=O) groups excluding carboxylic acids is 2. The van der Waals surface area contributed by atoms with Crippen LogP contribution >= 0.6 is 11.6 Å². The van der Waals surface area contributed by atoms with E-state index in [1.165, 1.54) is 4.90 Å². The number of amides is 2. The minimum Gasteiger partial charge on any atom is -0.354 e. The van der Waals surface area contributed by atoms with Gasteiger partial charge in [-0.1, -0.05) is 90.8 Å². The predicted molar refractivity (Wildman–Crippen MR) is 181 cm³/mol. The van der Waals surface area contributed by atoms with Crippen molar-refractivity contribution >= 4 is 39.1 Å². The molecule has 236 valence electrons. The Bertz CT molecular complexity index is 1730. The molecule has 0 fully saturated rings. The Morgan fingerprint density at radius 2 is 1.49 bits per heavy atom. The highest BCUT2D eigenvalue weighted by atomic mass is 35.5. The van der Waals surface area contributed by atoms with E-state index in [9.17, 15) is 18.0 Å². The molecule has 2 amide bonds.